The van der Waals surface area contributed by atoms with Gasteiger partial charge in [-0.1, -0.05) is 19.3 Å². The number of nitrogens with one attached hydrogen (secondary N) is 1. The second kappa shape index (κ2) is 5.85. The quantitative estimate of drug-likeness (QED) is 0.894. The predicted octanol–water partition coefficient (Wildman–Crippen LogP) is 3.46. The first-order chi connectivity index (χ1) is 9.36. The van der Waals surface area contributed by atoms with Crippen LogP contribution in [0.1, 0.15) is 44.7 Å². The molecule has 1 saturated carbocycles. The highest BCUT2D eigenvalue weighted by Gasteiger charge is 2.33. The molecular weight excluding hydrogens is 269 g/mol. The summed E-state index contributed by atoms with van der Waals surface area (Å²) in [5, 5.41) is 3.03. The molecule has 7 heteroatoms. The number of rotatable bonds is 3. The molecule has 1 fully saturated rings. The minimum absolute atomic E-state index is 0.0747. The van der Waals surface area contributed by atoms with Gasteiger partial charge >= 0.3 is 6.18 Å². The fraction of sp³-hybridized carbons (Fsp3) is 0.692. The summed E-state index contributed by atoms with van der Waals surface area (Å²) < 4.78 is 38.0. The fourth-order valence-electron chi connectivity index (χ4n) is 2.67. The summed E-state index contributed by atoms with van der Waals surface area (Å²) in [5.41, 5.74) is 4.34. The number of alkyl halides is 3. The molecule has 0 aliphatic heterocycles. The summed E-state index contributed by atoms with van der Waals surface area (Å²) in [6.45, 7) is 1.97. The molecule has 2 rings (SSSR count). The van der Waals surface area contributed by atoms with Crippen molar-refractivity contribution in [3.63, 3.8) is 0 Å². The Kier molecular flexibility index (Phi) is 4.35. The van der Waals surface area contributed by atoms with E-state index in [-0.39, 0.29) is 17.8 Å². The van der Waals surface area contributed by atoms with Crippen molar-refractivity contribution in [3.05, 3.63) is 11.8 Å². The zero-order chi connectivity index (χ0) is 14.8. The monoisotopic (exact) mass is 288 g/mol. The summed E-state index contributed by atoms with van der Waals surface area (Å²) in [4.78, 5) is 7.06. The van der Waals surface area contributed by atoms with Crippen LogP contribution in [-0.2, 0) is 6.18 Å². The molecule has 4 nitrogen and oxygen atoms in total. The molecule has 20 heavy (non-hydrogen) atoms. The number of nitrogens with zero attached hydrogens (tertiary/aromatic N) is 2. The molecule has 0 saturated heterocycles. The Labute approximate surface area is 116 Å². The lowest BCUT2D eigenvalue weighted by Gasteiger charge is -2.28. The predicted molar refractivity (Wildman–Crippen MR) is 71.1 cm³/mol. The van der Waals surface area contributed by atoms with Gasteiger partial charge in [0.2, 0.25) is 5.95 Å². The van der Waals surface area contributed by atoms with Gasteiger partial charge in [-0.05, 0) is 25.7 Å². The summed E-state index contributed by atoms with van der Waals surface area (Å²) >= 11 is 0. The minimum atomic E-state index is -4.51. The van der Waals surface area contributed by atoms with E-state index >= 15 is 0 Å². The van der Waals surface area contributed by atoms with Crippen molar-refractivity contribution in [2.24, 2.45) is 5.92 Å². The lowest BCUT2D eigenvalue weighted by Crippen LogP contribution is -2.28. The van der Waals surface area contributed by atoms with E-state index in [1.807, 2.05) is 6.92 Å². The Morgan fingerprint density at radius 1 is 1.25 bits per heavy atom. The number of nitrogens with two attached hydrogens (primary N) is 1. The van der Waals surface area contributed by atoms with Crippen LogP contribution in [0, 0.1) is 5.92 Å². The maximum atomic E-state index is 12.7. The second-order valence-electron chi connectivity index (χ2n) is 5.33. The van der Waals surface area contributed by atoms with Crippen LogP contribution in [0.25, 0.3) is 0 Å². The van der Waals surface area contributed by atoms with Gasteiger partial charge in [0.25, 0.3) is 0 Å². The van der Waals surface area contributed by atoms with Gasteiger partial charge in [-0.2, -0.15) is 18.2 Å². The first-order valence-electron chi connectivity index (χ1n) is 6.84. The van der Waals surface area contributed by atoms with Gasteiger partial charge in [0.05, 0.1) is 0 Å². The van der Waals surface area contributed by atoms with Crippen LogP contribution in [0.2, 0.25) is 0 Å². The van der Waals surface area contributed by atoms with Crippen LogP contribution < -0.4 is 11.1 Å². The third-order valence-corrected chi connectivity index (χ3v) is 3.77. The number of hydrogen-bond acceptors (Lipinski definition) is 4. The smallest absolute Gasteiger partial charge is 0.368 e. The van der Waals surface area contributed by atoms with E-state index in [9.17, 15) is 13.2 Å². The first-order valence-corrected chi connectivity index (χ1v) is 6.84. The number of nitrogen functional groups attached to an aromatic ring is 1. The van der Waals surface area contributed by atoms with Gasteiger partial charge in [0.15, 0.2) is 5.69 Å². The molecule has 1 atom stereocenters. The third-order valence-electron chi connectivity index (χ3n) is 3.77. The summed E-state index contributed by atoms with van der Waals surface area (Å²) in [5.74, 6) is 0.246. The minimum Gasteiger partial charge on any atom is -0.368 e. The van der Waals surface area contributed by atoms with Crippen molar-refractivity contribution >= 4 is 11.8 Å². The molecule has 0 radical (unpaired) electrons. The van der Waals surface area contributed by atoms with E-state index in [2.05, 4.69) is 15.3 Å². The van der Waals surface area contributed by atoms with Gasteiger partial charge in [-0.25, -0.2) is 4.98 Å². The maximum Gasteiger partial charge on any atom is 0.433 e. The molecule has 1 aliphatic carbocycles. The third kappa shape index (κ3) is 3.74. The second-order valence-corrected chi connectivity index (χ2v) is 5.33. The van der Waals surface area contributed by atoms with Crippen molar-refractivity contribution in [2.75, 3.05) is 11.1 Å². The van der Waals surface area contributed by atoms with E-state index in [4.69, 9.17) is 5.73 Å². The van der Waals surface area contributed by atoms with Crippen molar-refractivity contribution in [1.29, 1.82) is 0 Å². The summed E-state index contributed by atoms with van der Waals surface area (Å²) in [6.07, 6.45) is 1.28. The van der Waals surface area contributed by atoms with Crippen LogP contribution in [0.15, 0.2) is 6.07 Å². The number of aromatic nitrogens is 2. The van der Waals surface area contributed by atoms with Crippen LogP contribution >= 0.6 is 0 Å². The SMILES string of the molecule is CC(Nc1cc(C(F)(F)F)nc(N)n1)C1CCCCC1. The summed E-state index contributed by atoms with van der Waals surface area (Å²) in [6, 6.07) is 0.987. The molecule has 1 unspecified atom stereocenters. The van der Waals surface area contributed by atoms with Crippen LogP contribution in [-0.4, -0.2) is 16.0 Å². The van der Waals surface area contributed by atoms with E-state index in [0.717, 1.165) is 18.9 Å². The topological polar surface area (TPSA) is 63.8 Å². The van der Waals surface area contributed by atoms with Gasteiger partial charge < -0.3 is 11.1 Å². The van der Waals surface area contributed by atoms with E-state index in [0.29, 0.717) is 5.92 Å². The number of hydrogen-bond donors (Lipinski definition) is 2. The van der Waals surface area contributed by atoms with Crippen LogP contribution in [0.4, 0.5) is 24.9 Å². The van der Waals surface area contributed by atoms with Crippen molar-refractivity contribution < 1.29 is 13.2 Å². The van der Waals surface area contributed by atoms with E-state index in [1.165, 1.54) is 19.3 Å². The average molecular weight is 288 g/mol. The number of anilines is 2. The molecule has 1 aromatic heterocycles. The molecule has 1 aromatic rings. The highest BCUT2D eigenvalue weighted by atomic mass is 19.4. The molecule has 1 heterocycles. The molecule has 3 N–H and O–H groups in total. The Bertz CT molecular complexity index is 455. The summed E-state index contributed by atoms with van der Waals surface area (Å²) in [7, 11) is 0. The van der Waals surface area contributed by atoms with Gasteiger partial charge in [0.1, 0.15) is 5.82 Å². The first kappa shape index (κ1) is 14.9. The Hall–Kier alpha value is -1.53. The lowest BCUT2D eigenvalue weighted by atomic mass is 9.84. The molecular formula is C13H19F3N4. The molecule has 0 aromatic carbocycles. The van der Waals surface area contributed by atoms with Crippen molar-refractivity contribution in [3.8, 4) is 0 Å². The zero-order valence-corrected chi connectivity index (χ0v) is 11.4. The Morgan fingerprint density at radius 2 is 1.90 bits per heavy atom. The fourth-order valence-corrected chi connectivity index (χ4v) is 2.67. The molecule has 0 bridgehead atoms. The van der Waals surface area contributed by atoms with E-state index in [1.54, 1.807) is 0 Å². The molecule has 0 amide bonds. The van der Waals surface area contributed by atoms with Gasteiger partial charge in [-0.3, -0.25) is 0 Å². The molecule has 1 aliphatic rings. The lowest BCUT2D eigenvalue weighted by molar-refractivity contribution is -0.141. The normalized spacial score (nSPS) is 18.8. The maximum absolute atomic E-state index is 12.7. The standard InChI is InChI=1S/C13H19F3N4/c1-8(9-5-3-2-4-6-9)18-11-7-10(13(14,15)16)19-12(17)20-11/h7-9H,2-6H2,1H3,(H3,17,18,19,20). The highest BCUT2D eigenvalue weighted by molar-refractivity contribution is 5.42. The zero-order valence-electron chi connectivity index (χ0n) is 11.4. The van der Waals surface area contributed by atoms with Crippen molar-refractivity contribution in [1.82, 2.24) is 9.97 Å². The van der Waals surface area contributed by atoms with Crippen LogP contribution in [0.5, 0.6) is 0 Å². The largest absolute Gasteiger partial charge is 0.433 e. The van der Waals surface area contributed by atoms with Crippen molar-refractivity contribution in [2.45, 2.75) is 51.2 Å². The van der Waals surface area contributed by atoms with Crippen LogP contribution in [0.3, 0.4) is 0 Å². The molecule has 0 spiro atoms. The van der Waals surface area contributed by atoms with E-state index < -0.39 is 11.9 Å². The van der Waals surface area contributed by atoms with Gasteiger partial charge in [0, 0.05) is 12.1 Å². The Morgan fingerprint density at radius 3 is 2.50 bits per heavy atom. The average Bonchev–Trinajstić information content (AvgIpc) is 2.38. The molecule has 112 valence electrons. The van der Waals surface area contributed by atoms with Gasteiger partial charge in [-0.15, -0.1) is 0 Å². The highest BCUT2D eigenvalue weighted by Crippen LogP contribution is 2.31. The Balaban J connectivity index is 2.10. The number of halogens is 3.